The Kier molecular flexibility index (Phi) is 6.28. The number of rotatable bonds is 6. The molecule has 2 unspecified atom stereocenters. The van der Waals surface area contributed by atoms with E-state index < -0.39 is 10.5 Å². The first kappa shape index (κ1) is 13.9. The van der Waals surface area contributed by atoms with Gasteiger partial charge >= 0.3 is 0 Å². The molecule has 92 valence electrons. The summed E-state index contributed by atoms with van der Waals surface area (Å²) in [6, 6.07) is 0. The molecule has 0 saturated heterocycles. The minimum Gasteiger partial charge on any atom is -0.366 e. The van der Waals surface area contributed by atoms with Crippen molar-refractivity contribution in [3.8, 4) is 0 Å². The predicted molar refractivity (Wildman–Crippen MR) is 59.7 cm³/mol. The van der Waals surface area contributed by atoms with Gasteiger partial charge in [0.1, 0.15) is 13.2 Å². The van der Waals surface area contributed by atoms with Gasteiger partial charge in [0.05, 0.1) is 12.2 Å². The van der Waals surface area contributed by atoms with Gasteiger partial charge in [0.15, 0.2) is 0 Å². The first-order chi connectivity index (χ1) is 7.59. The second-order valence-electron chi connectivity index (χ2n) is 3.69. The number of hydrogen-bond acceptors (Lipinski definition) is 4. The molecule has 0 aromatic heterocycles. The molecule has 0 aliphatic heterocycles. The Bertz CT molecular complexity index is 231. The molecule has 1 aliphatic carbocycles. The Morgan fingerprint density at radius 1 is 0.938 bits per heavy atom. The van der Waals surface area contributed by atoms with E-state index in [1.54, 1.807) is 0 Å². The van der Waals surface area contributed by atoms with Crippen molar-refractivity contribution < 1.29 is 19.1 Å². The summed E-state index contributed by atoms with van der Waals surface area (Å²) in [4.78, 5) is 21.2. The van der Waals surface area contributed by atoms with Gasteiger partial charge in [0, 0.05) is 0 Å². The van der Waals surface area contributed by atoms with Crippen LogP contribution in [0.4, 0.5) is 0 Å². The second-order valence-corrected chi connectivity index (χ2v) is 4.54. The number of carbonyl (C=O) groups excluding carboxylic acids is 2. The normalized spacial score (nSPS) is 25.4. The van der Waals surface area contributed by atoms with Crippen LogP contribution >= 0.6 is 23.2 Å². The van der Waals surface area contributed by atoms with Crippen LogP contribution in [0.25, 0.3) is 0 Å². The molecule has 4 nitrogen and oxygen atoms in total. The zero-order chi connectivity index (χ0) is 12.0. The van der Waals surface area contributed by atoms with Crippen molar-refractivity contribution in [1.82, 2.24) is 0 Å². The minimum absolute atomic E-state index is 0.124. The van der Waals surface area contributed by atoms with Gasteiger partial charge in [-0.2, -0.15) is 0 Å². The molecular formula is C10H14Cl2O4. The summed E-state index contributed by atoms with van der Waals surface area (Å²) in [7, 11) is 0. The van der Waals surface area contributed by atoms with Gasteiger partial charge in [0.25, 0.3) is 0 Å². The fourth-order valence-electron chi connectivity index (χ4n) is 1.79. The first-order valence-electron chi connectivity index (χ1n) is 5.19. The van der Waals surface area contributed by atoms with Gasteiger partial charge in [-0.1, -0.05) is 12.8 Å². The maximum atomic E-state index is 10.6. The molecule has 0 aromatic carbocycles. The second kappa shape index (κ2) is 7.22. The average molecular weight is 269 g/mol. The highest BCUT2D eigenvalue weighted by atomic mass is 35.5. The number of halogens is 2. The molecule has 0 aromatic rings. The lowest BCUT2D eigenvalue weighted by Gasteiger charge is -2.30. The van der Waals surface area contributed by atoms with Crippen molar-refractivity contribution >= 4 is 33.7 Å². The summed E-state index contributed by atoms with van der Waals surface area (Å²) < 4.78 is 10.7. The largest absolute Gasteiger partial charge is 0.366 e. The molecule has 0 amide bonds. The van der Waals surface area contributed by atoms with E-state index in [9.17, 15) is 9.59 Å². The zero-order valence-corrected chi connectivity index (χ0v) is 10.3. The van der Waals surface area contributed by atoms with Crippen LogP contribution in [-0.4, -0.2) is 35.9 Å². The molecule has 0 N–H and O–H groups in total. The van der Waals surface area contributed by atoms with E-state index in [2.05, 4.69) is 0 Å². The predicted octanol–water partition coefficient (Wildman–Crippen LogP) is 1.86. The fourth-order valence-corrected chi connectivity index (χ4v) is 1.92. The number of ether oxygens (including phenoxy) is 2. The summed E-state index contributed by atoms with van der Waals surface area (Å²) in [6.45, 7) is -0.248. The van der Waals surface area contributed by atoms with Crippen LogP contribution < -0.4 is 0 Å². The van der Waals surface area contributed by atoms with E-state index in [-0.39, 0.29) is 25.4 Å². The van der Waals surface area contributed by atoms with Crippen LogP contribution in [0.15, 0.2) is 0 Å². The third kappa shape index (κ3) is 5.25. The Morgan fingerprint density at radius 3 is 1.62 bits per heavy atom. The van der Waals surface area contributed by atoms with E-state index in [1.165, 1.54) is 0 Å². The van der Waals surface area contributed by atoms with Crippen molar-refractivity contribution in [1.29, 1.82) is 0 Å². The molecule has 2 atom stereocenters. The van der Waals surface area contributed by atoms with Gasteiger partial charge in [-0.15, -0.1) is 0 Å². The third-order valence-electron chi connectivity index (χ3n) is 2.46. The summed E-state index contributed by atoms with van der Waals surface area (Å²) >= 11 is 10.4. The number of hydrogen-bond donors (Lipinski definition) is 0. The first-order valence-corrected chi connectivity index (χ1v) is 5.95. The molecule has 16 heavy (non-hydrogen) atoms. The summed E-state index contributed by atoms with van der Waals surface area (Å²) in [5, 5.41) is -1.06. The van der Waals surface area contributed by atoms with Crippen LogP contribution in [0, 0.1) is 0 Å². The molecule has 0 bridgehead atoms. The van der Waals surface area contributed by atoms with Crippen molar-refractivity contribution in [3.63, 3.8) is 0 Å². The molecule has 0 spiro atoms. The summed E-state index contributed by atoms with van der Waals surface area (Å²) in [5.74, 6) is 0. The zero-order valence-electron chi connectivity index (χ0n) is 8.79. The number of carbonyl (C=O) groups is 2. The third-order valence-corrected chi connectivity index (χ3v) is 2.68. The Hall–Kier alpha value is -0.160. The topological polar surface area (TPSA) is 52.6 Å². The molecule has 1 rings (SSSR count). The van der Waals surface area contributed by atoms with Gasteiger partial charge in [0.2, 0.25) is 10.5 Å². The molecule has 0 heterocycles. The van der Waals surface area contributed by atoms with Gasteiger partial charge in [-0.3, -0.25) is 9.59 Å². The van der Waals surface area contributed by atoms with Gasteiger partial charge in [-0.05, 0) is 36.0 Å². The Labute approximate surface area is 104 Å². The van der Waals surface area contributed by atoms with Crippen molar-refractivity contribution in [3.05, 3.63) is 0 Å². The quantitative estimate of drug-likeness (QED) is 0.691. The maximum absolute atomic E-state index is 10.6. The summed E-state index contributed by atoms with van der Waals surface area (Å²) in [5.41, 5.74) is 0. The molecule has 0 radical (unpaired) electrons. The van der Waals surface area contributed by atoms with Crippen LogP contribution in [0.5, 0.6) is 0 Å². The lowest BCUT2D eigenvalue weighted by Crippen LogP contribution is -2.36. The average Bonchev–Trinajstić information content (AvgIpc) is 2.24. The van der Waals surface area contributed by atoms with E-state index in [1.807, 2.05) is 0 Å². The molecule has 6 heteroatoms. The molecular weight excluding hydrogens is 255 g/mol. The smallest absolute Gasteiger partial charge is 0.247 e. The van der Waals surface area contributed by atoms with Crippen LogP contribution in [0.2, 0.25) is 0 Å². The van der Waals surface area contributed by atoms with E-state index >= 15 is 0 Å². The van der Waals surface area contributed by atoms with Crippen LogP contribution in [0.1, 0.15) is 25.7 Å². The summed E-state index contributed by atoms with van der Waals surface area (Å²) in [6.07, 6.45) is 3.32. The fraction of sp³-hybridized carbons (Fsp3) is 0.800. The monoisotopic (exact) mass is 268 g/mol. The van der Waals surface area contributed by atoms with Gasteiger partial charge < -0.3 is 9.47 Å². The van der Waals surface area contributed by atoms with Gasteiger partial charge in [-0.25, -0.2) is 0 Å². The minimum atomic E-state index is -0.530. The van der Waals surface area contributed by atoms with Crippen molar-refractivity contribution in [2.75, 3.05) is 13.2 Å². The maximum Gasteiger partial charge on any atom is 0.247 e. The standard InChI is InChI=1S/C10H14Cl2O4/c11-9(13)5-15-7-3-1-2-4-8(7)16-6-10(12)14/h7-8H,1-6H2. The molecule has 1 saturated carbocycles. The van der Waals surface area contributed by atoms with E-state index in [0.717, 1.165) is 25.7 Å². The van der Waals surface area contributed by atoms with Crippen LogP contribution in [-0.2, 0) is 19.1 Å². The van der Waals surface area contributed by atoms with E-state index in [0.29, 0.717) is 0 Å². The highest BCUT2D eigenvalue weighted by Gasteiger charge is 2.27. The highest BCUT2D eigenvalue weighted by Crippen LogP contribution is 2.24. The lowest BCUT2D eigenvalue weighted by atomic mass is 9.94. The molecule has 1 aliphatic rings. The SMILES string of the molecule is O=C(Cl)COC1CCCCC1OCC(=O)Cl. The highest BCUT2D eigenvalue weighted by molar-refractivity contribution is 6.64. The van der Waals surface area contributed by atoms with Crippen LogP contribution in [0.3, 0.4) is 0 Å². The van der Waals surface area contributed by atoms with Crippen molar-refractivity contribution in [2.45, 2.75) is 37.9 Å². The molecule has 1 fully saturated rings. The van der Waals surface area contributed by atoms with Crippen molar-refractivity contribution in [2.24, 2.45) is 0 Å². The Morgan fingerprint density at radius 2 is 1.31 bits per heavy atom. The lowest BCUT2D eigenvalue weighted by molar-refractivity contribution is -0.133. The van der Waals surface area contributed by atoms with E-state index in [4.69, 9.17) is 32.7 Å². The Balaban J connectivity index is 2.37.